The molecule has 0 aromatic carbocycles. The minimum atomic E-state index is 0.730. The minimum Gasteiger partial charge on any atom is -0.357 e. The predicted octanol–water partition coefficient (Wildman–Crippen LogP) is 3.16. The molecule has 102 valence electrons. The van der Waals surface area contributed by atoms with Gasteiger partial charge in [0.05, 0.1) is 17.2 Å². The maximum absolute atomic E-state index is 4.37. The first kappa shape index (κ1) is 13.3. The van der Waals surface area contributed by atoms with E-state index in [9.17, 15) is 0 Å². The van der Waals surface area contributed by atoms with E-state index >= 15 is 0 Å². The predicted molar refractivity (Wildman–Crippen MR) is 82.7 cm³/mol. The van der Waals surface area contributed by atoms with Crippen molar-refractivity contribution < 1.29 is 0 Å². The second kappa shape index (κ2) is 6.15. The van der Waals surface area contributed by atoms with Gasteiger partial charge in [0.15, 0.2) is 5.13 Å². The number of nitrogens with zero attached hydrogens (tertiary/aromatic N) is 4. The lowest BCUT2D eigenvalue weighted by atomic mass is 10.3. The first-order valence-corrected chi connectivity index (χ1v) is 7.66. The van der Waals surface area contributed by atoms with Gasteiger partial charge in [-0.1, -0.05) is 6.07 Å². The highest BCUT2D eigenvalue weighted by Gasteiger charge is 2.04. The molecule has 5 nitrogen and oxygen atoms in total. The Hall–Kier alpha value is -1.73. The van der Waals surface area contributed by atoms with Crippen molar-refractivity contribution in [2.24, 2.45) is 0 Å². The number of thiazole rings is 1. The molecule has 0 bridgehead atoms. The van der Waals surface area contributed by atoms with Crippen molar-refractivity contribution in [1.29, 1.82) is 0 Å². The summed E-state index contributed by atoms with van der Waals surface area (Å²) in [5, 5.41) is 8.45. The molecular weight excluding hydrogens is 338 g/mol. The summed E-state index contributed by atoms with van der Waals surface area (Å²) in [4.78, 5) is 9.62. The van der Waals surface area contributed by atoms with Crippen LogP contribution < -0.4 is 5.32 Å². The standard InChI is InChI=1S/C13H12BrN5S/c14-11-6-18-19(8-11)9-12-7-17-13(20-12)16-5-10-2-1-3-15-4-10/h1-4,6-8H,5,9H2,(H,16,17). The van der Waals surface area contributed by atoms with Crippen LogP contribution in [0.15, 0.2) is 47.6 Å². The van der Waals surface area contributed by atoms with Crippen molar-refractivity contribution in [2.75, 3.05) is 5.32 Å². The Bertz CT molecular complexity index is 679. The van der Waals surface area contributed by atoms with Crippen LogP contribution in [0.2, 0.25) is 0 Å². The van der Waals surface area contributed by atoms with E-state index in [1.807, 2.05) is 35.4 Å². The molecule has 0 spiro atoms. The van der Waals surface area contributed by atoms with Gasteiger partial charge in [0.1, 0.15) is 0 Å². The van der Waals surface area contributed by atoms with Gasteiger partial charge in [-0.05, 0) is 27.6 Å². The largest absolute Gasteiger partial charge is 0.357 e. The van der Waals surface area contributed by atoms with Crippen LogP contribution in [0.3, 0.4) is 0 Å². The molecular formula is C13H12BrN5S. The van der Waals surface area contributed by atoms with Crippen LogP contribution in [-0.4, -0.2) is 19.7 Å². The van der Waals surface area contributed by atoms with Gasteiger partial charge in [0.2, 0.25) is 0 Å². The Balaban J connectivity index is 1.59. The number of pyridine rings is 1. The van der Waals surface area contributed by atoms with E-state index in [0.717, 1.165) is 33.1 Å². The molecule has 1 N–H and O–H groups in total. The van der Waals surface area contributed by atoms with Gasteiger partial charge >= 0.3 is 0 Å². The number of rotatable bonds is 5. The molecule has 3 aromatic rings. The van der Waals surface area contributed by atoms with E-state index in [2.05, 4.69) is 36.3 Å². The van der Waals surface area contributed by atoms with Crippen LogP contribution in [0.1, 0.15) is 10.4 Å². The fourth-order valence-corrected chi connectivity index (χ4v) is 2.86. The molecule has 0 aliphatic rings. The zero-order valence-electron chi connectivity index (χ0n) is 10.5. The number of aromatic nitrogens is 4. The molecule has 0 aliphatic carbocycles. The van der Waals surface area contributed by atoms with Gasteiger partial charge in [-0.25, -0.2) is 4.98 Å². The van der Waals surface area contributed by atoms with Crippen molar-refractivity contribution >= 4 is 32.4 Å². The van der Waals surface area contributed by atoms with Gasteiger partial charge in [0.25, 0.3) is 0 Å². The van der Waals surface area contributed by atoms with Gasteiger partial charge in [0, 0.05) is 36.2 Å². The van der Waals surface area contributed by atoms with Crippen LogP contribution in [0, 0.1) is 0 Å². The maximum atomic E-state index is 4.37. The molecule has 0 unspecified atom stereocenters. The van der Waals surface area contributed by atoms with E-state index < -0.39 is 0 Å². The average Bonchev–Trinajstić information content (AvgIpc) is 3.08. The van der Waals surface area contributed by atoms with Crippen LogP contribution in [0.4, 0.5) is 5.13 Å². The van der Waals surface area contributed by atoms with Crippen molar-refractivity contribution in [1.82, 2.24) is 19.7 Å². The van der Waals surface area contributed by atoms with Crippen LogP contribution >= 0.6 is 27.3 Å². The molecule has 3 aromatic heterocycles. The Morgan fingerprint density at radius 1 is 1.30 bits per heavy atom. The second-order valence-electron chi connectivity index (χ2n) is 4.20. The van der Waals surface area contributed by atoms with Crippen molar-refractivity contribution in [3.05, 3.63) is 58.0 Å². The highest BCUT2D eigenvalue weighted by atomic mass is 79.9. The first-order valence-electron chi connectivity index (χ1n) is 6.05. The minimum absolute atomic E-state index is 0.730. The quantitative estimate of drug-likeness (QED) is 0.768. The monoisotopic (exact) mass is 349 g/mol. The summed E-state index contributed by atoms with van der Waals surface area (Å²) in [6.07, 6.45) is 9.23. The van der Waals surface area contributed by atoms with Crippen molar-refractivity contribution in [3.8, 4) is 0 Å². The van der Waals surface area contributed by atoms with Crippen LogP contribution in [-0.2, 0) is 13.1 Å². The third-order valence-electron chi connectivity index (χ3n) is 2.64. The number of hydrogen-bond donors (Lipinski definition) is 1. The van der Waals surface area contributed by atoms with Crippen molar-refractivity contribution in [3.63, 3.8) is 0 Å². The zero-order chi connectivity index (χ0) is 13.8. The van der Waals surface area contributed by atoms with E-state index in [1.165, 1.54) is 0 Å². The van der Waals surface area contributed by atoms with E-state index in [-0.39, 0.29) is 0 Å². The van der Waals surface area contributed by atoms with Gasteiger partial charge in [-0.2, -0.15) is 5.10 Å². The third-order valence-corrected chi connectivity index (χ3v) is 3.99. The number of halogens is 1. The lowest BCUT2D eigenvalue weighted by Crippen LogP contribution is -1.98. The average molecular weight is 350 g/mol. The molecule has 3 rings (SSSR count). The summed E-state index contributed by atoms with van der Waals surface area (Å²) < 4.78 is 2.86. The van der Waals surface area contributed by atoms with Crippen molar-refractivity contribution in [2.45, 2.75) is 13.1 Å². The molecule has 7 heteroatoms. The fourth-order valence-electron chi connectivity index (χ4n) is 1.73. The summed E-state index contributed by atoms with van der Waals surface area (Å²) >= 11 is 5.03. The van der Waals surface area contributed by atoms with E-state index in [0.29, 0.717) is 0 Å². The van der Waals surface area contributed by atoms with Crippen LogP contribution in [0.5, 0.6) is 0 Å². The molecule has 0 atom stereocenters. The van der Waals surface area contributed by atoms with E-state index in [1.54, 1.807) is 23.7 Å². The highest BCUT2D eigenvalue weighted by molar-refractivity contribution is 9.10. The third kappa shape index (κ3) is 3.43. The summed E-state index contributed by atoms with van der Waals surface area (Å²) in [6.45, 7) is 1.46. The Kier molecular flexibility index (Phi) is 4.08. The molecule has 20 heavy (non-hydrogen) atoms. The summed E-state index contributed by atoms with van der Waals surface area (Å²) in [5.74, 6) is 0. The van der Waals surface area contributed by atoms with E-state index in [4.69, 9.17) is 0 Å². The summed E-state index contributed by atoms with van der Waals surface area (Å²) in [5.41, 5.74) is 1.14. The molecule has 0 saturated carbocycles. The van der Waals surface area contributed by atoms with Gasteiger partial charge < -0.3 is 5.32 Å². The number of anilines is 1. The lowest BCUT2D eigenvalue weighted by Gasteiger charge is -2.01. The topological polar surface area (TPSA) is 55.6 Å². The van der Waals surface area contributed by atoms with Gasteiger partial charge in [-0.15, -0.1) is 11.3 Å². The molecule has 0 amide bonds. The van der Waals surface area contributed by atoms with Crippen LogP contribution in [0.25, 0.3) is 0 Å². The Morgan fingerprint density at radius 3 is 3.00 bits per heavy atom. The zero-order valence-corrected chi connectivity index (χ0v) is 12.9. The highest BCUT2D eigenvalue weighted by Crippen LogP contribution is 2.20. The first-order chi connectivity index (χ1) is 9.79. The Labute approximate surface area is 128 Å². The Morgan fingerprint density at radius 2 is 2.25 bits per heavy atom. The summed E-state index contributed by atoms with van der Waals surface area (Å²) in [7, 11) is 0. The summed E-state index contributed by atoms with van der Waals surface area (Å²) in [6, 6.07) is 3.97. The lowest BCUT2D eigenvalue weighted by molar-refractivity contribution is 0.693. The second-order valence-corrected chi connectivity index (χ2v) is 6.23. The normalized spacial score (nSPS) is 10.7. The number of hydrogen-bond acceptors (Lipinski definition) is 5. The maximum Gasteiger partial charge on any atom is 0.183 e. The molecule has 0 saturated heterocycles. The SMILES string of the molecule is Brc1cnn(Cc2cnc(NCc3cccnc3)s2)c1. The fraction of sp³-hybridized carbons (Fsp3) is 0.154. The molecule has 0 aliphatic heterocycles. The molecule has 0 fully saturated rings. The molecule has 3 heterocycles. The smallest absolute Gasteiger partial charge is 0.183 e. The molecule has 0 radical (unpaired) electrons. The van der Waals surface area contributed by atoms with Gasteiger partial charge in [-0.3, -0.25) is 9.67 Å². The number of nitrogens with one attached hydrogen (secondary N) is 1.